The molecule has 0 bridgehead atoms. The molecule has 2 N–H and O–H groups in total. The summed E-state index contributed by atoms with van der Waals surface area (Å²) in [6.45, 7) is 7.13. The Balaban J connectivity index is 2.16. The Morgan fingerprint density at radius 2 is 2.00 bits per heavy atom. The second-order valence-corrected chi connectivity index (χ2v) is 3.86. The predicted octanol–water partition coefficient (Wildman–Crippen LogP) is 0.0719. The molecule has 5 heteroatoms. The lowest BCUT2D eigenvalue weighted by atomic mass is 10.2. The number of rotatable bonds is 1. The van der Waals surface area contributed by atoms with E-state index in [0.717, 1.165) is 37.4 Å². The summed E-state index contributed by atoms with van der Waals surface area (Å²) in [5.41, 5.74) is 2.49. The highest BCUT2D eigenvalue weighted by Crippen LogP contribution is 2.11. The molecule has 1 fully saturated rings. The van der Waals surface area contributed by atoms with Crippen molar-refractivity contribution in [3.8, 4) is 0 Å². The number of carbonyl (C=O) groups excluding carboxylic acids is 1. The van der Waals surface area contributed by atoms with Gasteiger partial charge in [-0.25, -0.2) is 0 Å². The smallest absolute Gasteiger partial charge is 0.274 e. The highest BCUT2D eigenvalue weighted by atomic mass is 16.2. The molecular formula is C10H16N4O. The fourth-order valence-electron chi connectivity index (χ4n) is 1.71. The zero-order valence-corrected chi connectivity index (χ0v) is 9.13. The van der Waals surface area contributed by atoms with Gasteiger partial charge in [0.2, 0.25) is 0 Å². The second-order valence-electron chi connectivity index (χ2n) is 3.86. The lowest BCUT2D eigenvalue weighted by Gasteiger charge is -2.26. The van der Waals surface area contributed by atoms with Gasteiger partial charge < -0.3 is 10.2 Å². The van der Waals surface area contributed by atoms with Gasteiger partial charge in [0, 0.05) is 37.4 Å². The molecule has 0 saturated carbocycles. The van der Waals surface area contributed by atoms with Crippen LogP contribution < -0.4 is 5.32 Å². The van der Waals surface area contributed by atoms with Gasteiger partial charge in [0.05, 0.1) is 0 Å². The molecule has 1 aromatic heterocycles. The zero-order valence-electron chi connectivity index (χ0n) is 9.13. The third kappa shape index (κ3) is 1.87. The maximum absolute atomic E-state index is 12.0. The van der Waals surface area contributed by atoms with Gasteiger partial charge in [0.15, 0.2) is 5.69 Å². The van der Waals surface area contributed by atoms with E-state index in [4.69, 9.17) is 0 Å². The molecule has 1 aliphatic heterocycles. The van der Waals surface area contributed by atoms with Gasteiger partial charge in [-0.1, -0.05) is 0 Å². The second kappa shape index (κ2) is 4.02. The molecule has 2 heterocycles. The molecule has 15 heavy (non-hydrogen) atoms. The van der Waals surface area contributed by atoms with E-state index in [2.05, 4.69) is 15.5 Å². The Labute approximate surface area is 88.8 Å². The molecule has 1 aromatic rings. The number of nitrogens with zero attached hydrogens (tertiary/aromatic N) is 2. The van der Waals surface area contributed by atoms with Crippen LogP contribution in [0.25, 0.3) is 0 Å². The van der Waals surface area contributed by atoms with Crippen molar-refractivity contribution in [3.05, 3.63) is 17.0 Å². The first-order valence-corrected chi connectivity index (χ1v) is 5.21. The highest BCUT2D eigenvalue weighted by Gasteiger charge is 2.22. The number of aromatic amines is 1. The summed E-state index contributed by atoms with van der Waals surface area (Å²) in [6.07, 6.45) is 0. The van der Waals surface area contributed by atoms with Crippen LogP contribution >= 0.6 is 0 Å². The highest BCUT2D eigenvalue weighted by molar-refractivity contribution is 5.93. The Kier molecular flexibility index (Phi) is 2.73. The van der Waals surface area contributed by atoms with Crippen LogP contribution in [0.15, 0.2) is 0 Å². The van der Waals surface area contributed by atoms with Crippen LogP contribution in [0.1, 0.15) is 21.7 Å². The number of piperazine rings is 1. The number of nitrogens with one attached hydrogen (secondary N) is 2. The Bertz CT molecular complexity index is 365. The quantitative estimate of drug-likeness (QED) is 0.686. The van der Waals surface area contributed by atoms with Crippen molar-refractivity contribution >= 4 is 5.91 Å². The molecule has 0 radical (unpaired) electrons. The summed E-state index contributed by atoms with van der Waals surface area (Å²) in [6, 6.07) is 0. The monoisotopic (exact) mass is 208 g/mol. The topological polar surface area (TPSA) is 61.0 Å². The minimum absolute atomic E-state index is 0.0401. The SMILES string of the molecule is Cc1[nH]nc(C(=O)N2CCNCC2)c1C. The van der Waals surface area contributed by atoms with E-state index in [-0.39, 0.29) is 5.91 Å². The van der Waals surface area contributed by atoms with E-state index in [1.807, 2.05) is 18.7 Å². The summed E-state index contributed by atoms with van der Waals surface area (Å²) in [7, 11) is 0. The molecule has 1 aliphatic rings. The molecular weight excluding hydrogens is 192 g/mol. The van der Waals surface area contributed by atoms with E-state index in [1.54, 1.807) is 0 Å². The summed E-state index contributed by atoms with van der Waals surface area (Å²) in [5.74, 6) is 0.0401. The van der Waals surface area contributed by atoms with Gasteiger partial charge in [-0.05, 0) is 13.8 Å². The van der Waals surface area contributed by atoms with E-state index in [0.29, 0.717) is 5.69 Å². The number of aryl methyl sites for hydroxylation is 1. The van der Waals surface area contributed by atoms with Crippen LogP contribution in [0.4, 0.5) is 0 Å². The third-order valence-electron chi connectivity index (χ3n) is 2.86. The number of aromatic nitrogens is 2. The summed E-state index contributed by atoms with van der Waals surface area (Å²) in [4.78, 5) is 13.9. The fourth-order valence-corrected chi connectivity index (χ4v) is 1.71. The van der Waals surface area contributed by atoms with Gasteiger partial charge in [-0.15, -0.1) is 0 Å². The maximum atomic E-state index is 12.0. The van der Waals surface area contributed by atoms with E-state index in [9.17, 15) is 4.79 Å². The molecule has 5 nitrogen and oxygen atoms in total. The summed E-state index contributed by atoms with van der Waals surface area (Å²) in [5, 5.41) is 10.1. The van der Waals surface area contributed by atoms with Crippen molar-refractivity contribution in [2.24, 2.45) is 0 Å². The van der Waals surface area contributed by atoms with Crippen LogP contribution in [0, 0.1) is 13.8 Å². The van der Waals surface area contributed by atoms with Crippen LogP contribution in [-0.4, -0.2) is 47.2 Å². The molecule has 2 rings (SSSR count). The number of hydrogen-bond acceptors (Lipinski definition) is 3. The minimum atomic E-state index is 0.0401. The number of amides is 1. The van der Waals surface area contributed by atoms with Gasteiger partial charge >= 0.3 is 0 Å². The first-order chi connectivity index (χ1) is 7.20. The Morgan fingerprint density at radius 1 is 1.33 bits per heavy atom. The van der Waals surface area contributed by atoms with E-state index >= 15 is 0 Å². The summed E-state index contributed by atoms with van der Waals surface area (Å²) >= 11 is 0. The van der Waals surface area contributed by atoms with Gasteiger partial charge in [-0.2, -0.15) is 5.10 Å². The number of hydrogen-bond donors (Lipinski definition) is 2. The van der Waals surface area contributed by atoms with E-state index < -0.39 is 0 Å². The average Bonchev–Trinajstić information content (AvgIpc) is 2.60. The van der Waals surface area contributed by atoms with Crippen LogP contribution in [0.5, 0.6) is 0 Å². The molecule has 82 valence electrons. The van der Waals surface area contributed by atoms with Crippen molar-refractivity contribution < 1.29 is 4.79 Å². The first kappa shape index (κ1) is 10.2. The van der Waals surface area contributed by atoms with Crippen molar-refractivity contribution in [1.82, 2.24) is 20.4 Å². The van der Waals surface area contributed by atoms with Crippen molar-refractivity contribution in [2.45, 2.75) is 13.8 Å². The lowest BCUT2D eigenvalue weighted by molar-refractivity contribution is 0.0729. The average molecular weight is 208 g/mol. The first-order valence-electron chi connectivity index (χ1n) is 5.21. The molecule has 0 aromatic carbocycles. The Morgan fingerprint density at radius 3 is 2.53 bits per heavy atom. The normalized spacial score (nSPS) is 16.8. The van der Waals surface area contributed by atoms with Crippen LogP contribution in [0.3, 0.4) is 0 Å². The van der Waals surface area contributed by atoms with Crippen LogP contribution in [-0.2, 0) is 0 Å². The molecule has 0 aliphatic carbocycles. The summed E-state index contributed by atoms with van der Waals surface area (Å²) < 4.78 is 0. The van der Waals surface area contributed by atoms with Crippen molar-refractivity contribution in [1.29, 1.82) is 0 Å². The lowest BCUT2D eigenvalue weighted by Crippen LogP contribution is -2.46. The van der Waals surface area contributed by atoms with E-state index in [1.165, 1.54) is 0 Å². The van der Waals surface area contributed by atoms with Crippen molar-refractivity contribution in [2.75, 3.05) is 26.2 Å². The molecule has 0 atom stereocenters. The fraction of sp³-hybridized carbons (Fsp3) is 0.600. The number of H-pyrrole nitrogens is 1. The van der Waals surface area contributed by atoms with Gasteiger partial charge in [-0.3, -0.25) is 9.89 Å². The molecule has 1 saturated heterocycles. The Hall–Kier alpha value is -1.36. The zero-order chi connectivity index (χ0) is 10.8. The maximum Gasteiger partial charge on any atom is 0.274 e. The minimum Gasteiger partial charge on any atom is -0.335 e. The van der Waals surface area contributed by atoms with Crippen LogP contribution in [0.2, 0.25) is 0 Å². The third-order valence-corrected chi connectivity index (χ3v) is 2.86. The predicted molar refractivity (Wildman–Crippen MR) is 56.8 cm³/mol. The van der Waals surface area contributed by atoms with Gasteiger partial charge in [0.1, 0.15) is 0 Å². The molecule has 0 unspecified atom stereocenters. The van der Waals surface area contributed by atoms with Gasteiger partial charge in [0.25, 0.3) is 5.91 Å². The standard InChI is InChI=1S/C10H16N4O/c1-7-8(2)12-13-9(7)10(15)14-5-3-11-4-6-14/h11H,3-6H2,1-2H3,(H,12,13). The molecule has 0 spiro atoms. The molecule has 1 amide bonds. The van der Waals surface area contributed by atoms with Crippen molar-refractivity contribution in [3.63, 3.8) is 0 Å². The number of carbonyl (C=O) groups is 1. The largest absolute Gasteiger partial charge is 0.335 e.